The smallest absolute Gasteiger partial charge is 0.220 e. The number of hydrogen-bond donors (Lipinski definition) is 2. The number of amides is 1. The summed E-state index contributed by atoms with van der Waals surface area (Å²) < 4.78 is 0. The van der Waals surface area contributed by atoms with Crippen molar-refractivity contribution in [3.8, 4) is 0 Å². The van der Waals surface area contributed by atoms with Crippen LogP contribution in [0.25, 0.3) is 0 Å². The first kappa shape index (κ1) is 21.6. The van der Waals surface area contributed by atoms with Gasteiger partial charge in [0, 0.05) is 11.8 Å². The number of piperidine rings is 1. The van der Waals surface area contributed by atoms with Gasteiger partial charge in [-0.3, -0.25) is 4.79 Å². The molecule has 0 aromatic carbocycles. The molecule has 2 N–H and O–H groups in total. The third-order valence-electron chi connectivity index (χ3n) is 3.93. The fraction of sp³-hybridized carbons (Fsp3) is 0.733. The Morgan fingerprint density at radius 1 is 1.45 bits per heavy atom. The molecule has 0 saturated carbocycles. The first-order valence-corrected chi connectivity index (χ1v) is 8.51. The standard InChI is InChI=1S/C15H25N3OS.2ClH/c1-3-15-18-13(10-20-15)11(2)17-14(19)5-4-12-6-8-16-9-7-12;;/h10-12,16H,3-9H2,1-2H3,(H,17,19);2*1H. The van der Waals surface area contributed by atoms with Gasteiger partial charge in [0.25, 0.3) is 0 Å². The van der Waals surface area contributed by atoms with Gasteiger partial charge in [0.2, 0.25) is 5.91 Å². The monoisotopic (exact) mass is 367 g/mol. The zero-order valence-electron chi connectivity index (χ0n) is 13.3. The van der Waals surface area contributed by atoms with Gasteiger partial charge in [-0.25, -0.2) is 4.98 Å². The molecule has 1 saturated heterocycles. The Kier molecular flexibility index (Phi) is 11.0. The first-order chi connectivity index (χ1) is 9.69. The highest BCUT2D eigenvalue weighted by molar-refractivity contribution is 7.09. The van der Waals surface area contributed by atoms with Crippen molar-refractivity contribution in [1.29, 1.82) is 0 Å². The second kappa shape index (κ2) is 11.2. The summed E-state index contributed by atoms with van der Waals surface area (Å²) in [4.78, 5) is 16.5. The molecule has 1 aliphatic rings. The van der Waals surface area contributed by atoms with Crippen LogP contribution in [0.1, 0.15) is 56.3 Å². The molecule has 0 aliphatic carbocycles. The summed E-state index contributed by atoms with van der Waals surface area (Å²) >= 11 is 1.67. The molecule has 7 heteroatoms. The summed E-state index contributed by atoms with van der Waals surface area (Å²) in [6.45, 7) is 6.31. The van der Waals surface area contributed by atoms with Crippen molar-refractivity contribution in [2.75, 3.05) is 13.1 Å². The van der Waals surface area contributed by atoms with Crippen LogP contribution in [0.15, 0.2) is 5.38 Å². The Morgan fingerprint density at radius 2 is 2.14 bits per heavy atom. The number of rotatable bonds is 6. The average molecular weight is 368 g/mol. The Morgan fingerprint density at radius 3 is 2.73 bits per heavy atom. The maximum absolute atomic E-state index is 12.0. The van der Waals surface area contributed by atoms with E-state index in [0.717, 1.165) is 36.6 Å². The topological polar surface area (TPSA) is 54.0 Å². The average Bonchev–Trinajstić information content (AvgIpc) is 2.95. The van der Waals surface area contributed by atoms with Crippen LogP contribution in [0.5, 0.6) is 0 Å². The van der Waals surface area contributed by atoms with Crippen LogP contribution in [0.3, 0.4) is 0 Å². The lowest BCUT2D eigenvalue weighted by atomic mass is 9.93. The van der Waals surface area contributed by atoms with Crippen molar-refractivity contribution < 1.29 is 4.79 Å². The van der Waals surface area contributed by atoms with Crippen molar-refractivity contribution in [1.82, 2.24) is 15.6 Å². The second-order valence-electron chi connectivity index (χ2n) is 5.54. The van der Waals surface area contributed by atoms with E-state index < -0.39 is 0 Å². The van der Waals surface area contributed by atoms with Gasteiger partial charge < -0.3 is 10.6 Å². The van der Waals surface area contributed by atoms with Gasteiger partial charge in [0.05, 0.1) is 16.7 Å². The molecule has 1 amide bonds. The molecule has 0 bridgehead atoms. The second-order valence-corrected chi connectivity index (χ2v) is 6.48. The van der Waals surface area contributed by atoms with Crippen LogP contribution >= 0.6 is 36.2 Å². The SMILES string of the molecule is CCc1nc(C(C)NC(=O)CCC2CCNCC2)cs1.Cl.Cl. The molecule has 2 rings (SSSR count). The van der Waals surface area contributed by atoms with E-state index in [-0.39, 0.29) is 36.8 Å². The van der Waals surface area contributed by atoms with Crippen LogP contribution in [-0.2, 0) is 11.2 Å². The van der Waals surface area contributed by atoms with Gasteiger partial charge in [-0.05, 0) is 51.6 Å². The highest BCUT2D eigenvalue weighted by Gasteiger charge is 2.16. The fourth-order valence-electron chi connectivity index (χ4n) is 2.58. The summed E-state index contributed by atoms with van der Waals surface area (Å²) in [5.41, 5.74) is 0.988. The third kappa shape index (κ3) is 6.82. The Hall–Kier alpha value is -0.360. The third-order valence-corrected chi connectivity index (χ3v) is 4.94. The van der Waals surface area contributed by atoms with Crippen molar-refractivity contribution >= 4 is 42.1 Å². The van der Waals surface area contributed by atoms with Gasteiger partial charge >= 0.3 is 0 Å². The summed E-state index contributed by atoms with van der Waals surface area (Å²) in [5, 5.41) is 9.61. The number of hydrogen-bond acceptors (Lipinski definition) is 4. The summed E-state index contributed by atoms with van der Waals surface area (Å²) in [6.07, 6.45) is 5.02. The molecule has 4 nitrogen and oxygen atoms in total. The van der Waals surface area contributed by atoms with E-state index in [4.69, 9.17) is 0 Å². The summed E-state index contributed by atoms with van der Waals surface area (Å²) in [5.74, 6) is 0.866. The van der Waals surface area contributed by atoms with Gasteiger partial charge in [0.15, 0.2) is 0 Å². The van der Waals surface area contributed by atoms with Gasteiger partial charge in [-0.15, -0.1) is 36.2 Å². The number of halogens is 2. The zero-order valence-corrected chi connectivity index (χ0v) is 15.7. The molecule has 0 spiro atoms. The largest absolute Gasteiger partial charge is 0.348 e. The number of aryl methyl sites for hydroxylation is 1. The lowest BCUT2D eigenvalue weighted by Gasteiger charge is -2.22. The minimum Gasteiger partial charge on any atom is -0.348 e. The zero-order chi connectivity index (χ0) is 14.4. The molecular weight excluding hydrogens is 341 g/mol. The van der Waals surface area contributed by atoms with Gasteiger partial charge in [0.1, 0.15) is 0 Å². The number of carbonyl (C=O) groups excluding carboxylic acids is 1. The summed E-state index contributed by atoms with van der Waals surface area (Å²) in [6, 6.07) is 0.0204. The molecule has 128 valence electrons. The minimum absolute atomic E-state index is 0. The fourth-order valence-corrected chi connectivity index (χ4v) is 3.42. The van der Waals surface area contributed by atoms with Crippen molar-refractivity contribution in [2.24, 2.45) is 5.92 Å². The molecule has 22 heavy (non-hydrogen) atoms. The van der Waals surface area contributed by atoms with Crippen molar-refractivity contribution in [3.05, 3.63) is 16.1 Å². The number of carbonyl (C=O) groups is 1. The van der Waals surface area contributed by atoms with E-state index in [9.17, 15) is 4.79 Å². The quantitative estimate of drug-likeness (QED) is 0.808. The molecule has 1 fully saturated rings. The number of nitrogens with zero attached hydrogens (tertiary/aromatic N) is 1. The first-order valence-electron chi connectivity index (χ1n) is 7.63. The maximum atomic E-state index is 12.0. The number of thiazole rings is 1. The Balaban J connectivity index is 0.00000220. The highest BCUT2D eigenvalue weighted by Crippen LogP contribution is 2.19. The van der Waals surface area contributed by atoms with Crippen LogP contribution in [0, 0.1) is 5.92 Å². The maximum Gasteiger partial charge on any atom is 0.220 e. The van der Waals surface area contributed by atoms with Crippen LogP contribution in [-0.4, -0.2) is 24.0 Å². The predicted octanol–water partition coefficient (Wildman–Crippen LogP) is 3.51. The van der Waals surface area contributed by atoms with E-state index in [1.165, 1.54) is 12.8 Å². The molecule has 1 aliphatic heterocycles. The Labute approximate surface area is 149 Å². The Bertz CT molecular complexity index is 436. The summed E-state index contributed by atoms with van der Waals surface area (Å²) in [7, 11) is 0. The van der Waals surface area contributed by atoms with E-state index in [1.54, 1.807) is 11.3 Å². The van der Waals surface area contributed by atoms with E-state index in [2.05, 4.69) is 27.9 Å². The molecular formula is C15H27Cl2N3OS. The number of nitrogens with one attached hydrogen (secondary N) is 2. The van der Waals surface area contributed by atoms with E-state index >= 15 is 0 Å². The van der Waals surface area contributed by atoms with Gasteiger partial charge in [-0.2, -0.15) is 0 Å². The lowest BCUT2D eigenvalue weighted by Crippen LogP contribution is -2.30. The van der Waals surface area contributed by atoms with Crippen LogP contribution < -0.4 is 10.6 Å². The van der Waals surface area contributed by atoms with Crippen molar-refractivity contribution in [2.45, 2.75) is 52.0 Å². The normalized spacial score (nSPS) is 16.3. The number of aromatic nitrogens is 1. The van der Waals surface area contributed by atoms with Gasteiger partial charge in [-0.1, -0.05) is 6.92 Å². The van der Waals surface area contributed by atoms with Crippen molar-refractivity contribution in [3.63, 3.8) is 0 Å². The van der Waals surface area contributed by atoms with E-state index in [0.29, 0.717) is 12.3 Å². The van der Waals surface area contributed by atoms with Crippen LogP contribution in [0.4, 0.5) is 0 Å². The lowest BCUT2D eigenvalue weighted by molar-refractivity contribution is -0.122. The molecule has 0 radical (unpaired) electrons. The molecule has 1 aromatic heterocycles. The highest BCUT2D eigenvalue weighted by atomic mass is 35.5. The minimum atomic E-state index is 0. The molecule has 1 atom stereocenters. The predicted molar refractivity (Wildman–Crippen MR) is 97.4 cm³/mol. The molecule has 1 aromatic rings. The van der Waals surface area contributed by atoms with Crippen LogP contribution in [0.2, 0.25) is 0 Å². The molecule has 1 unspecified atom stereocenters. The molecule has 2 heterocycles. The van der Waals surface area contributed by atoms with E-state index in [1.807, 2.05) is 6.92 Å².